The Labute approximate surface area is 116 Å². The Morgan fingerprint density at radius 2 is 2.16 bits per heavy atom. The molecule has 1 N–H and O–H groups in total. The normalized spacial score (nSPS) is 20.9. The third-order valence-electron chi connectivity index (χ3n) is 3.84. The van der Waals surface area contributed by atoms with Crippen molar-refractivity contribution in [1.29, 1.82) is 0 Å². The number of anilines is 2. The second-order valence-electron chi connectivity index (χ2n) is 5.51. The van der Waals surface area contributed by atoms with Crippen LogP contribution in [0.3, 0.4) is 0 Å². The highest BCUT2D eigenvalue weighted by molar-refractivity contribution is 5.48. The minimum atomic E-state index is 0.587. The Morgan fingerprint density at radius 3 is 2.79 bits per heavy atom. The van der Waals surface area contributed by atoms with Crippen LogP contribution < -0.4 is 10.2 Å². The van der Waals surface area contributed by atoms with Gasteiger partial charge in [-0.25, -0.2) is 4.98 Å². The maximum atomic E-state index is 4.45. The van der Waals surface area contributed by atoms with Crippen LogP contribution in [-0.2, 0) is 0 Å². The summed E-state index contributed by atoms with van der Waals surface area (Å²) in [4.78, 5) is 9.01. The minimum absolute atomic E-state index is 0.587. The summed E-state index contributed by atoms with van der Waals surface area (Å²) >= 11 is 0. The molecule has 1 aromatic heterocycles. The summed E-state index contributed by atoms with van der Waals surface area (Å²) in [7, 11) is 4.03. The molecule has 1 aromatic rings. The molecule has 0 radical (unpaired) electrons. The fourth-order valence-corrected chi connectivity index (χ4v) is 2.59. The smallest absolute Gasteiger partial charge is 0.128 e. The van der Waals surface area contributed by atoms with Gasteiger partial charge in [0.05, 0.1) is 11.9 Å². The summed E-state index contributed by atoms with van der Waals surface area (Å²) in [5, 5.41) is 3.62. The Morgan fingerprint density at radius 1 is 1.32 bits per heavy atom. The van der Waals surface area contributed by atoms with Crippen LogP contribution in [0, 0.1) is 0 Å². The second kappa shape index (κ2) is 6.75. The van der Waals surface area contributed by atoms with Crippen LogP contribution in [0.5, 0.6) is 0 Å². The average Bonchev–Trinajstić information content (AvgIpc) is 2.64. The van der Waals surface area contributed by atoms with Gasteiger partial charge in [0.15, 0.2) is 0 Å². The van der Waals surface area contributed by atoms with Crippen molar-refractivity contribution in [2.45, 2.75) is 32.2 Å². The van der Waals surface area contributed by atoms with E-state index in [4.69, 9.17) is 0 Å². The summed E-state index contributed by atoms with van der Waals surface area (Å²) < 4.78 is 0. The third kappa shape index (κ3) is 4.10. The highest BCUT2D eigenvalue weighted by Crippen LogP contribution is 2.18. The van der Waals surface area contributed by atoms with Crippen molar-refractivity contribution in [3.8, 4) is 0 Å². The molecule has 1 aliphatic rings. The molecule has 0 spiro atoms. The van der Waals surface area contributed by atoms with Crippen LogP contribution in [0.4, 0.5) is 11.5 Å². The van der Waals surface area contributed by atoms with E-state index in [0.717, 1.165) is 11.5 Å². The molecule has 19 heavy (non-hydrogen) atoms. The average molecular weight is 262 g/mol. The van der Waals surface area contributed by atoms with Crippen molar-refractivity contribution in [3.63, 3.8) is 0 Å². The predicted molar refractivity (Wildman–Crippen MR) is 81.9 cm³/mol. The highest BCUT2D eigenvalue weighted by atomic mass is 15.1. The minimum Gasteiger partial charge on any atom is -0.381 e. The molecule has 4 nitrogen and oxygen atoms in total. The molecule has 106 valence electrons. The fraction of sp³-hybridized carbons (Fsp3) is 0.667. The van der Waals surface area contributed by atoms with E-state index in [1.807, 2.05) is 25.2 Å². The monoisotopic (exact) mass is 262 g/mol. The molecule has 1 aliphatic heterocycles. The van der Waals surface area contributed by atoms with Crippen LogP contribution in [0.1, 0.15) is 26.2 Å². The molecule has 1 saturated heterocycles. The largest absolute Gasteiger partial charge is 0.381 e. The van der Waals surface area contributed by atoms with Gasteiger partial charge in [-0.05, 0) is 44.5 Å². The molecule has 0 aliphatic carbocycles. The van der Waals surface area contributed by atoms with Gasteiger partial charge in [-0.1, -0.05) is 6.92 Å². The molecule has 0 amide bonds. The van der Waals surface area contributed by atoms with E-state index in [0.29, 0.717) is 6.04 Å². The maximum absolute atomic E-state index is 4.45. The number of pyridine rings is 1. The van der Waals surface area contributed by atoms with Crippen molar-refractivity contribution >= 4 is 11.5 Å². The van der Waals surface area contributed by atoms with Gasteiger partial charge in [0.2, 0.25) is 0 Å². The molecule has 0 saturated carbocycles. The van der Waals surface area contributed by atoms with E-state index in [1.54, 1.807) is 0 Å². The molecule has 1 unspecified atom stereocenters. The Bertz CT molecular complexity index is 374. The number of rotatable bonds is 4. The van der Waals surface area contributed by atoms with E-state index < -0.39 is 0 Å². The zero-order valence-corrected chi connectivity index (χ0v) is 12.4. The van der Waals surface area contributed by atoms with Crippen LogP contribution in [0.2, 0.25) is 0 Å². The lowest BCUT2D eigenvalue weighted by Crippen LogP contribution is -2.26. The van der Waals surface area contributed by atoms with E-state index in [1.165, 1.54) is 38.9 Å². The van der Waals surface area contributed by atoms with Crippen LogP contribution in [-0.4, -0.2) is 49.7 Å². The first-order chi connectivity index (χ1) is 9.19. The van der Waals surface area contributed by atoms with Gasteiger partial charge in [0, 0.05) is 26.7 Å². The highest BCUT2D eigenvalue weighted by Gasteiger charge is 2.15. The van der Waals surface area contributed by atoms with Crippen LogP contribution >= 0.6 is 0 Å². The number of nitrogens with one attached hydrogen (secondary N) is 1. The number of hydrogen-bond donors (Lipinski definition) is 1. The maximum Gasteiger partial charge on any atom is 0.128 e. The lowest BCUT2D eigenvalue weighted by molar-refractivity contribution is 0.300. The van der Waals surface area contributed by atoms with Gasteiger partial charge in [0.1, 0.15) is 5.82 Å². The molecule has 1 atom stereocenters. The number of aromatic nitrogens is 1. The first kappa shape index (κ1) is 14.1. The molecular weight excluding hydrogens is 236 g/mol. The Hall–Kier alpha value is -1.29. The summed E-state index contributed by atoms with van der Waals surface area (Å²) in [5.41, 5.74) is 1.14. The molecule has 0 bridgehead atoms. The molecule has 1 fully saturated rings. The van der Waals surface area contributed by atoms with Gasteiger partial charge < -0.3 is 15.1 Å². The second-order valence-corrected chi connectivity index (χ2v) is 5.51. The van der Waals surface area contributed by atoms with E-state index >= 15 is 0 Å². The van der Waals surface area contributed by atoms with Crippen molar-refractivity contribution in [1.82, 2.24) is 9.88 Å². The first-order valence-corrected chi connectivity index (χ1v) is 7.31. The van der Waals surface area contributed by atoms with Crippen molar-refractivity contribution in [2.24, 2.45) is 0 Å². The van der Waals surface area contributed by atoms with Crippen molar-refractivity contribution in [2.75, 3.05) is 43.9 Å². The van der Waals surface area contributed by atoms with Crippen LogP contribution in [0.15, 0.2) is 18.3 Å². The first-order valence-electron chi connectivity index (χ1n) is 7.31. The zero-order chi connectivity index (χ0) is 13.7. The number of likely N-dealkylation sites (tertiary alicyclic amines) is 1. The zero-order valence-electron chi connectivity index (χ0n) is 12.4. The Kier molecular flexibility index (Phi) is 5.02. The van der Waals surface area contributed by atoms with Crippen LogP contribution in [0.25, 0.3) is 0 Å². The molecular formula is C15H26N4. The lowest BCUT2D eigenvalue weighted by Gasteiger charge is -2.19. The Balaban J connectivity index is 1.90. The predicted octanol–water partition coefficient (Wildman–Crippen LogP) is 2.43. The standard InChI is InChI=1S/C15H26N4/c1-4-19-10-5-6-13(9-11-19)17-14-7-8-15(16-12-14)18(2)3/h7-8,12-13,17H,4-6,9-11H2,1-3H3. The molecule has 0 aromatic carbocycles. The summed E-state index contributed by atoms with van der Waals surface area (Å²) in [6.07, 6.45) is 5.71. The topological polar surface area (TPSA) is 31.4 Å². The SMILES string of the molecule is CCN1CCCC(Nc2ccc(N(C)C)nc2)CC1. The van der Waals surface area contributed by atoms with Crippen molar-refractivity contribution < 1.29 is 0 Å². The molecule has 2 heterocycles. The molecule has 4 heteroatoms. The summed E-state index contributed by atoms with van der Waals surface area (Å²) in [6.45, 7) is 5.87. The van der Waals surface area contributed by atoms with Gasteiger partial charge in [0.25, 0.3) is 0 Å². The van der Waals surface area contributed by atoms with Crippen molar-refractivity contribution in [3.05, 3.63) is 18.3 Å². The number of hydrogen-bond acceptors (Lipinski definition) is 4. The summed E-state index contributed by atoms with van der Waals surface area (Å²) in [6, 6.07) is 4.78. The lowest BCUT2D eigenvalue weighted by atomic mass is 10.1. The van der Waals surface area contributed by atoms with E-state index in [9.17, 15) is 0 Å². The van der Waals surface area contributed by atoms with Gasteiger partial charge in [-0.15, -0.1) is 0 Å². The van der Waals surface area contributed by atoms with E-state index in [-0.39, 0.29) is 0 Å². The van der Waals surface area contributed by atoms with Gasteiger partial charge >= 0.3 is 0 Å². The summed E-state index contributed by atoms with van der Waals surface area (Å²) in [5.74, 6) is 1.00. The third-order valence-corrected chi connectivity index (χ3v) is 3.84. The van der Waals surface area contributed by atoms with Gasteiger partial charge in [-0.2, -0.15) is 0 Å². The quantitative estimate of drug-likeness (QED) is 0.903. The number of nitrogens with zero attached hydrogens (tertiary/aromatic N) is 3. The van der Waals surface area contributed by atoms with Gasteiger partial charge in [-0.3, -0.25) is 0 Å². The van der Waals surface area contributed by atoms with E-state index in [2.05, 4.69) is 34.3 Å². The molecule has 2 rings (SSSR count). The fourth-order valence-electron chi connectivity index (χ4n) is 2.59.